The summed E-state index contributed by atoms with van der Waals surface area (Å²) in [6, 6.07) is 15.6. The number of amides is 1. The highest BCUT2D eigenvalue weighted by Crippen LogP contribution is 2.47. The molecule has 2 aromatic carbocycles. The molecule has 198 valence electrons. The van der Waals surface area contributed by atoms with E-state index in [1.807, 2.05) is 47.6 Å². The molecule has 0 saturated carbocycles. The number of rotatable bonds is 6. The number of aryl methyl sites for hydroxylation is 2. The largest absolute Gasteiger partial charge is 0.463 e. The third kappa shape index (κ3) is 5.15. The number of ether oxygens (including phenoxy) is 1. The molecular weight excluding hydrogens is 496 g/mol. The van der Waals surface area contributed by atoms with Crippen LogP contribution in [0, 0.1) is 13.8 Å². The fourth-order valence-electron chi connectivity index (χ4n) is 5.16. The number of carbonyl (C=O) groups is 2. The van der Waals surface area contributed by atoms with Gasteiger partial charge in [0.25, 0.3) is 0 Å². The van der Waals surface area contributed by atoms with Gasteiger partial charge in [-0.3, -0.25) is 4.79 Å². The quantitative estimate of drug-likeness (QED) is 0.503. The smallest absolute Gasteiger partial charge is 0.338 e. The molecule has 0 spiro atoms. The number of benzene rings is 2. The van der Waals surface area contributed by atoms with Gasteiger partial charge in [0, 0.05) is 37.4 Å². The fourth-order valence-corrected chi connectivity index (χ4v) is 6.08. The van der Waals surface area contributed by atoms with E-state index >= 15 is 0 Å². The van der Waals surface area contributed by atoms with Gasteiger partial charge in [-0.15, -0.1) is 0 Å². The molecule has 1 fully saturated rings. The molecular formula is C30H34N4O3S. The van der Waals surface area contributed by atoms with Crippen LogP contribution in [0.15, 0.2) is 70.2 Å². The third-order valence-electron chi connectivity index (χ3n) is 7.27. The molecule has 1 amide bonds. The Hall–Kier alpha value is -3.36. The Morgan fingerprint density at radius 1 is 1.05 bits per heavy atom. The maximum atomic E-state index is 13.7. The van der Waals surface area contributed by atoms with Crippen molar-refractivity contribution in [2.45, 2.75) is 33.2 Å². The number of carbonyl (C=O) groups excluding carboxylic acids is 2. The van der Waals surface area contributed by atoms with E-state index in [1.165, 1.54) is 11.8 Å². The number of likely N-dealkylation sites (N-methyl/N-ethyl adjacent to an activating group) is 1. The van der Waals surface area contributed by atoms with Crippen molar-refractivity contribution in [1.29, 1.82) is 0 Å². The van der Waals surface area contributed by atoms with Gasteiger partial charge in [0.1, 0.15) is 0 Å². The van der Waals surface area contributed by atoms with E-state index in [1.54, 1.807) is 0 Å². The first-order chi connectivity index (χ1) is 18.4. The molecule has 0 aromatic heterocycles. The molecule has 3 aliphatic rings. The van der Waals surface area contributed by atoms with Crippen molar-refractivity contribution in [3.05, 3.63) is 87.5 Å². The minimum atomic E-state index is -0.460. The molecule has 1 saturated heterocycles. The number of hydrogen-bond acceptors (Lipinski definition) is 7. The highest BCUT2D eigenvalue weighted by Gasteiger charge is 2.43. The Morgan fingerprint density at radius 2 is 1.79 bits per heavy atom. The van der Waals surface area contributed by atoms with E-state index in [0.717, 1.165) is 59.3 Å². The van der Waals surface area contributed by atoms with Crippen LogP contribution < -0.4 is 0 Å². The first kappa shape index (κ1) is 26.3. The van der Waals surface area contributed by atoms with Crippen molar-refractivity contribution in [2.75, 3.05) is 39.8 Å². The lowest BCUT2D eigenvalue weighted by Gasteiger charge is -2.38. The Kier molecular flexibility index (Phi) is 7.72. The van der Waals surface area contributed by atoms with E-state index < -0.39 is 6.04 Å². The molecule has 3 aliphatic heterocycles. The second-order valence-electron chi connectivity index (χ2n) is 9.96. The van der Waals surface area contributed by atoms with Gasteiger partial charge in [-0.1, -0.05) is 65.9 Å². The summed E-state index contributed by atoms with van der Waals surface area (Å²) in [5.41, 5.74) is 6.01. The second kappa shape index (κ2) is 11.2. The molecule has 0 radical (unpaired) electrons. The van der Waals surface area contributed by atoms with Gasteiger partial charge in [0.15, 0.2) is 5.17 Å². The van der Waals surface area contributed by atoms with E-state index in [-0.39, 0.29) is 24.9 Å². The van der Waals surface area contributed by atoms with Crippen molar-refractivity contribution >= 4 is 34.5 Å². The van der Waals surface area contributed by atoms with Crippen LogP contribution in [0.5, 0.6) is 0 Å². The van der Waals surface area contributed by atoms with Crippen LogP contribution in [0.3, 0.4) is 0 Å². The van der Waals surface area contributed by atoms with E-state index in [0.29, 0.717) is 11.3 Å². The molecule has 7 nitrogen and oxygen atoms in total. The average molecular weight is 531 g/mol. The van der Waals surface area contributed by atoms with Crippen molar-refractivity contribution in [1.82, 2.24) is 14.7 Å². The summed E-state index contributed by atoms with van der Waals surface area (Å²) in [6.07, 6.45) is 0.258. The maximum absolute atomic E-state index is 13.7. The first-order valence-electron chi connectivity index (χ1n) is 13.1. The summed E-state index contributed by atoms with van der Waals surface area (Å²) in [5, 5.41) is 2.78. The predicted octanol–water partition coefficient (Wildman–Crippen LogP) is 4.74. The van der Waals surface area contributed by atoms with Crippen molar-refractivity contribution in [3.63, 3.8) is 0 Å². The summed E-state index contributed by atoms with van der Waals surface area (Å²) in [6.45, 7) is 9.39. The van der Waals surface area contributed by atoms with E-state index in [2.05, 4.69) is 48.9 Å². The van der Waals surface area contributed by atoms with Crippen molar-refractivity contribution in [2.24, 2.45) is 4.99 Å². The standard InChI is InChI=1S/C30H34N4O3S/c1-5-37-29(36)26-27(22-9-7-6-8-10-22)31-30-34(28(26)24-17-20(2)11-12-21(24)3)23(19-38-30)18-25(35)33-15-13-32(4)14-16-33/h6-12,17,19,28H,5,13-16,18H2,1-4H3/t28-/m0/s1. The van der Waals surface area contributed by atoms with Crippen LogP contribution in [0.25, 0.3) is 5.70 Å². The Morgan fingerprint density at radius 3 is 2.50 bits per heavy atom. The summed E-state index contributed by atoms with van der Waals surface area (Å²) in [5.74, 6) is -0.289. The number of nitrogens with zero attached hydrogens (tertiary/aromatic N) is 4. The van der Waals surface area contributed by atoms with Crippen LogP contribution in [0.2, 0.25) is 0 Å². The lowest BCUT2D eigenvalue weighted by atomic mass is 9.88. The highest BCUT2D eigenvalue weighted by molar-refractivity contribution is 8.16. The topological polar surface area (TPSA) is 65.5 Å². The summed E-state index contributed by atoms with van der Waals surface area (Å²) >= 11 is 1.51. The van der Waals surface area contributed by atoms with Crippen LogP contribution in [-0.2, 0) is 14.3 Å². The SMILES string of the molecule is CCOC(=O)C1=C(c2ccccc2)N=C2SC=C(CC(=O)N3CCN(C)CC3)N2[C@H]1c1cc(C)ccc1C. The fraction of sp³-hybridized carbons (Fsp3) is 0.367. The van der Waals surface area contributed by atoms with E-state index in [9.17, 15) is 9.59 Å². The molecule has 38 heavy (non-hydrogen) atoms. The van der Waals surface area contributed by atoms with Crippen molar-refractivity contribution < 1.29 is 14.3 Å². The van der Waals surface area contributed by atoms with Gasteiger partial charge in [-0.25, -0.2) is 9.79 Å². The zero-order chi connectivity index (χ0) is 26.8. The second-order valence-corrected chi connectivity index (χ2v) is 10.8. The number of amidine groups is 1. The van der Waals surface area contributed by atoms with Crippen LogP contribution >= 0.6 is 11.8 Å². The molecule has 8 heteroatoms. The highest BCUT2D eigenvalue weighted by atomic mass is 32.2. The maximum Gasteiger partial charge on any atom is 0.338 e. The van der Waals surface area contributed by atoms with Gasteiger partial charge >= 0.3 is 5.97 Å². The zero-order valence-electron chi connectivity index (χ0n) is 22.4. The van der Waals surface area contributed by atoms with Crippen molar-refractivity contribution in [3.8, 4) is 0 Å². The molecule has 0 unspecified atom stereocenters. The van der Waals surface area contributed by atoms with Gasteiger partial charge in [0.05, 0.1) is 30.3 Å². The number of hydrogen-bond donors (Lipinski definition) is 0. The minimum absolute atomic E-state index is 0.0986. The summed E-state index contributed by atoms with van der Waals surface area (Å²) < 4.78 is 5.63. The number of esters is 1. The molecule has 3 heterocycles. The van der Waals surface area contributed by atoms with Gasteiger partial charge in [-0.2, -0.15) is 0 Å². The zero-order valence-corrected chi connectivity index (χ0v) is 23.3. The number of piperazine rings is 1. The van der Waals surface area contributed by atoms with E-state index in [4.69, 9.17) is 9.73 Å². The van der Waals surface area contributed by atoms with Crippen LogP contribution in [0.1, 0.15) is 41.6 Å². The molecule has 5 rings (SSSR count). The van der Waals surface area contributed by atoms with Crippen LogP contribution in [-0.4, -0.2) is 71.6 Å². The Balaban J connectivity index is 1.61. The molecule has 0 bridgehead atoms. The number of thioether (sulfide) groups is 1. The normalized spacial score (nSPS) is 19.7. The molecule has 0 aliphatic carbocycles. The lowest BCUT2D eigenvalue weighted by Crippen LogP contribution is -2.47. The Bertz CT molecular complexity index is 1330. The lowest BCUT2D eigenvalue weighted by molar-refractivity contribution is -0.139. The van der Waals surface area contributed by atoms with Gasteiger partial charge in [0.2, 0.25) is 5.91 Å². The monoisotopic (exact) mass is 530 g/mol. The molecule has 2 aromatic rings. The van der Waals surface area contributed by atoms with Gasteiger partial charge in [-0.05, 0) is 44.4 Å². The Labute approximate surface area is 228 Å². The summed E-state index contributed by atoms with van der Waals surface area (Å²) in [7, 11) is 2.08. The third-order valence-corrected chi connectivity index (χ3v) is 8.16. The van der Waals surface area contributed by atoms with Crippen LogP contribution in [0.4, 0.5) is 0 Å². The average Bonchev–Trinajstić information content (AvgIpc) is 3.32. The number of fused-ring (bicyclic) bond motifs is 1. The number of aliphatic imine (C=N–C) groups is 1. The minimum Gasteiger partial charge on any atom is -0.463 e. The van der Waals surface area contributed by atoms with Gasteiger partial charge < -0.3 is 19.4 Å². The predicted molar refractivity (Wildman–Crippen MR) is 152 cm³/mol. The molecule has 0 N–H and O–H groups in total. The molecule has 1 atom stereocenters. The first-order valence-corrected chi connectivity index (χ1v) is 14.0. The summed E-state index contributed by atoms with van der Waals surface area (Å²) in [4.78, 5) is 38.3.